The lowest BCUT2D eigenvalue weighted by Crippen LogP contribution is -2.60. The number of hydrogen-bond acceptors (Lipinski definition) is 14. The summed E-state index contributed by atoms with van der Waals surface area (Å²) in [7, 11) is 0. The highest BCUT2D eigenvalue weighted by molar-refractivity contribution is 7.98. The number of aliphatic carboxylic acids is 1. The first-order chi connectivity index (χ1) is 34.8. The molecule has 0 fully saturated rings. The van der Waals surface area contributed by atoms with Gasteiger partial charge in [-0.25, -0.2) is 4.79 Å². The summed E-state index contributed by atoms with van der Waals surface area (Å²) < 4.78 is 0. The number of nitrogens with one attached hydrogen (secondary N) is 8. The summed E-state index contributed by atoms with van der Waals surface area (Å²) in [4.78, 5) is 136. The number of carbonyl (C=O) groups excluding carboxylic acids is 9. The number of thioether (sulfide) groups is 1. The van der Waals surface area contributed by atoms with Crippen LogP contribution in [-0.2, 0) is 54.4 Å². The molecule has 74 heavy (non-hydrogen) atoms. The zero-order valence-electron chi connectivity index (χ0n) is 43.6. The number of rotatable bonds is 36. The van der Waals surface area contributed by atoms with Gasteiger partial charge < -0.3 is 75.7 Å². The Balaban J connectivity index is 3.19. The SMILES string of the molecule is CC[C@H](C)[C@H](NC(=O)[C@H](CCC(N)=O)NC(=O)[C@H](CO)NC(=O)[C@@H](N)Cc1ccccc1)C(=O)NCC(=O)N[C@@H](CC(C)C)C(=O)N[C@@H](CCSC)C(=O)N[C@@H](CC(C)C)C(=O)N[C@@H](CCCN=C(N)N)C(=O)O. The van der Waals surface area contributed by atoms with Gasteiger partial charge in [0.05, 0.1) is 19.2 Å². The minimum absolute atomic E-state index is 0.000183. The molecule has 9 amide bonds. The lowest BCUT2D eigenvalue weighted by molar-refractivity contribution is -0.142. The lowest BCUT2D eigenvalue weighted by atomic mass is 9.97. The van der Waals surface area contributed by atoms with Crippen LogP contribution in [0.5, 0.6) is 0 Å². The van der Waals surface area contributed by atoms with Crippen molar-refractivity contribution in [2.75, 3.05) is 31.7 Å². The molecule has 1 aromatic carbocycles. The summed E-state index contributed by atoms with van der Waals surface area (Å²) in [6, 6.07) is -1.47. The van der Waals surface area contributed by atoms with Gasteiger partial charge in [0.1, 0.15) is 42.3 Å². The van der Waals surface area contributed by atoms with Crippen LogP contribution in [-0.4, -0.2) is 155 Å². The van der Waals surface area contributed by atoms with Crippen molar-refractivity contribution < 1.29 is 58.2 Å². The number of aliphatic hydroxyl groups is 1. The Morgan fingerprint density at radius 3 is 1.65 bits per heavy atom. The summed E-state index contributed by atoms with van der Waals surface area (Å²) in [6.45, 7) is 9.20. The van der Waals surface area contributed by atoms with Gasteiger partial charge in [0.2, 0.25) is 53.2 Å². The van der Waals surface area contributed by atoms with Crippen LogP contribution in [0.2, 0.25) is 0 Å². The second kappa shape index (κ2) is 34.8. The second-order valence-corrected chi connectivity index (χ2v) is 19.8. The maximum Gasteiger partial charge on any atom is 0.326 e. The van der Waals surface area contributed by atoms with E-state index in [9.17, 15) is 58.2 Å². The summed E-state index contributed by atoms with van der Waals surface area (Å²) >= 11 is 1.39. The van der Waals surface area contributed by atoms with E-state index >= 15 is 0 Å². The third kappa shape index (κ3) is 25.9. The fraction of sp³-hybridized carbons (Fsp3) is 0.646. The fourth-order valence-corrected chi connectivity index (χ4v) is 7.70. The number of primary amides is 1. The van der Waals surface area contributed by atoms with Gasteiger partial charge in [0.15, 0.2) is 5.96 Å². The topological polar surface area (TPSA) is 424 Å². The summed E-state index contributed by atoms with van der Waals surface area (Å²) in [5, 5.41) is 40.1. The van der Waals surface area contributed by atoms with Crippen LogP contribution < -0.4 is 65.5 Å². The molecule has 1 rings (SSSR count). The van der Waals surface area contributed by atoms with Gasteiger partial charge in [-0.2, -0.15) is 11.8 Å². The molecule has 9 atom stereocenters. The van der Waals surface area contributed by atoms with E-state index in [1.807, 2.05) is 13.8 Å². The van der Waals surface area contributed by atoms with Crippen molar-refractivity contribution in [3.8, 4) is 0 Å². The van der Waals surface area contributed by atoms with Crippen molar-refractivity contribution in [2.45, 2.75) is 148 Å². The first-order valence-corrected chi connectivity index (χ1v) is 26.1. The summed E-state index contributed by atoms with van der Waals surface area (Å²) in [5.74, 6) is -9.18. The first kappa shape index (κ1) is 65.5. The highest BCUT2D eigenvalue weighted by Crippen LogP contribution is 2.13. The van der Waals surface area contributed by atoms with Crippen LogP contribution >= 0.6 is 11.8 Å². The van der Waals surface area contributed by atoms with Crippen molar-refractivity contribution in [3.05, 3.63) is 35.9 Å². The summed E-state index contributed by atoms with van der Waals surface area (Å²) in [5.41, 5.74) is 22.8. The predicted octanol–water partition coefficient (Wildman–Crippen LogP) is -2.65. The Morgan fingerprint density at radius 1 is 0.635 bits per heavy atom. The van der Waals surface area contributed by atoms with Crippen molar-refractivity contribution in [3.63, 3.8) is 0 Å². The fourth-order valence-electron chi connectivity index (χ4n) is 7.23. The number of nitrogens with zero attached hydrogens (tertiary/aromatic N) is 1. The van der Waals surface area contributed by atoms with E-state index in [4.69, 9.17) is 22.9 Å². The van der Waals surface area contributed by atoms with E-state index in [2.05, 4.69) is 47.5 Å². The minimum Gasteiger partial charge on any atom is -0.480 e. The second-order valence-electron chi connectivity index (χ2n) is 18.8. The molecule has 26 heteroatoms. The largest absolute Gasteiger partial charge is 0.480 e. The molecule has 1 aromatic rings. The first-order valence-electron chi connectivity index (χ1n) is 24.7. The van der Waals surface area contributed by atoms with Crippen LogP contribution in [0.1, 0.15) is 98.5 Å². The van der Waals surface area contributed by atoms with Crippen molar-refractivity contribution in [1.29, 1.82) is 0 Å². The molecule has 0 saturated carbocycles. The van der Waals surface area contributed by atoms with Crippen LogP contribution in [0.15, 0.2) is 35.3 Å². The maximum absolute atomic E-state index is 13.9. The van der Waals surface area contributed by atoms with Crippen LogP contribution in [0.3, 0.4) is 0 Å². The third-order valence-electron chi connectivity index (χ3n) is 11.5. The summed E-state index contributed by atoms with van der Waals surface area (Å²) in [6.07, 6.45) is 2.16. The molecule has 0 spiro atoms. The van der Waals surface area contributed by atoms with Gasteiger partial charge >= 0.3 is 5.97 Å². The number of hydrogen-bond donors (Lipinski definition) is 14. The van der Waals surface area contributed by atoms with E-state index in [-0.39, 0.29) is 75.7 Å². The smallest absolute Gasteiger partial charge is 0.326 e. The van der Waals surface area contributed by atoms with Crippen LogP contribution in [0.4, 0.5) is 0 Å². The molecule has 0 bridgehead atoms. The monoisotopic (exact) mass is 1060 g/mol. The number of amides is 9. The zero-order chi connectivity index (χ0) is 56.1. The Hall–Kier alpha value is -6.54. The Kier molecular flexibility index (Phi) is 30.8. The van der Waals surface area contributed by atoms with Gasteiger partial charge in [0.25, 0.3) is 0 Å². The normalized spacial score (nSPS) is 14.7. The number of carbonyl (C=O) groups is 10. The number of guanidine groups is 1. The molecule has 0 aliphatic carbocycles. The molecule has 416 valence electrons. The molecule has 0 radical (unpaired) electrons. The Morgan fingerprint density at radius 2 is 1.14 bits per heavy atom. The molecular formula is C48H81N13O12S. The Bertz CT molecular complexity index is 2040. The molecular weight excluding hydrogens is 983 g/mol. The van der Waals surface area contributed by atoms with Crippen molar-refractivity contribution in [2.24, 2.45) is 45.7 Å². The molecule has 0 aromatic heterocycles. The van der Waals surface area contributed by atoms with Gasteiger partial charge in [-0.3, -0.25) is 48.1 Å². The highest BCUT2D eigenvalue weighted by Gasteiger charge is 2.35. The number of nitrogens with two attached hydrogens (primary N) is 4. The molecule has 18 N–H and O–H groups in total. The minimum atomic E-state index is -1.55. The molecule has 0 heterocycles. The number of benzene rings is 1. The molecule has 25 nitrogen and oxygen atoms in total. The number of carboxylic acids is 1. The predicted molar refractivity (Wildman–Crippen MR) is 279 cm³/mol. The van der Waals surface area contributed by atoms with E-state index in [0.29, 0.717) is 12.2 Å². The van der Waals surface area contributed by atoms with Gasteiger partial charge in [-0.1, -0.05) is 78.3 Å². The number of carboxylic acid groups (broad SMARTS) is 1. The molecule has 0 aliphatic rings. The van der Waals surface area contributed by atoms with Crippen LogP contribution in [0.25, 0.3) is 0 Å². The molecule has 0 unspecified atom stereocenters. The standard InChI is InChI=1S/C48H81N13O12S/c1-8-28(6)39(61-42(67)31(16-17-37(50)63)56-45(70)36(25-62)60-40(65)30(49)23-29-13-10-9-11-14-29)46(71)54-24-38(64)55-34(21-26(2)3)43(68)57-32(18-20-74-7)41(66)59-35(22-27(4)5)44(69)58-33(47(72)73)15-12-19-53-48(51)52/h9-11,13-14,26-28,30-36,39,62H,8,12,15-25,49H2,1-7H3,(H2,50,63)(H,54,71)(H,55,64)(H,56,70)(H,57,68)(H,58,69)(H,59,66)(H,60,65)(H,61,67)(H,72,73)(H4,51,52,53)/t28-,30-,31-,32-,33-,34-,35-,36-,39-/m0/s1. The van der Waals surface area contributed by atoms with Gasteiger partial charge in [0, 0.05) is 13.0 Å². The average molecular weight is 1060 g/mol. The quantitative estimate of drug-likeness (QED) is 0.0185. The third-order valence-corrected chi connectivity index (χ3v) is 12.1. The molecule has 0 saturated heterocycles. The van der Waals surface area contributed by atoms with Crippen LogP contribution in [0, 0.1) is 17.8 Å². The van der Waals surface area contributed by atoms with Gasteiger partial charge in [-0.15, -0.1) is 0 Å². The maximum atomic E-state index is 13.9. The number of aliphatic imine (C=N–C) groups is 1. The number of aliphatic hydroxyl groups excluding tert-OH is 1. The van der Waals surface area contributed by atoms with E-state index in [0.717, 1.165) is 5.56 Å². The van der Waals surface area contributed by atoms with E-state index in [1.54, 1.807) is 64.3 Å². The van der Waals surface area contributed by atoms with Crippen molar-refractivity contribution >= 4 is 76.9 Å². The average Bonchev–Trinajstić information content (AvgIpc) is 3.33. The van der Waals surface area contributed by atoms with Gasteiger partial charge in [-0.05, 0) is 80.3 Å². The molecule has 0 aliphatic heterocycles. The Labute approximate surface area is 437 Å². The lowest BCUT2D eigenvalue weighted by Gasteiger charge is -2.28. The zero-order valence-corrected chi connectivity index (χ0v) is 44.4. The highest BCUT2D eigenvalue weighted by atomic mass is 32.2. The van der Waals surface area contributed by atoms with Crippen molar-refractivity contribution in [1.82, 2.24) is 42.5 Å². The van der Waals surface area contributed by atoms with E-state index in [1.165, 1.54) is 11.8 Å². The van der Waals surface area contributed by atoms with E-state index < -0.39 is 127 Å².